The average molecular weight is 616 g/mol. The summed E-state index contributed by atoms with van der Waals surface area (Å²) in [7, 11) is 1.82. The first-order chi connectivity index (χ1) is 21.9. The number of hydrogen-bond donors (Lipinski definition) is 2. The quantitative estimate of drug-likeness (QED) is 0.456. The number of anilines is 4. The third-order valence-corrected chi connectivity index (χ3v) is 10.7. The number of amides is 2. The maximum Gasteiger partial charge on any atom is 0.251 e. The molecule has 7 rings (SSSR count). The van der Waals surface area contributed by atoms with Crippen molar-refractivity contribution in [3.8, 4) is 0 Å². The molecule has 4 heterocycles. The van der Waals surface area contributed by atoms with Gasteiger partial charge in [-0.2, -0.15) is 0 Å². The van der Waals surface area contributed by atoms with E-state index in [0.29, 0.717) is 30.6 Å². The Morgan fingerprint density at radius 3 is 2.42 bits per heavy atom. The maximum absolute atomic E-state index is 13.3. The van der Waals surface area contributed by atoms with Gasteiger partial charge in [-0.1, -0.05) is 6.07 Å². The number of carbonyl (C=O) groups is 2. The summed E-state index contributed by atoms with van der Waals surface area (Å²) in [4.78, 5) is 40.6. The minimum atomic E-state index is -0.294. The molecule has 5 aliphatic rings. The average Bonchev–Trinajstić information content (AvgIpc) is 3.89. The molecular formula is C35H49N7O3. The number of likely N-dealkylation sites (N-methyl/N-ethyl adjacent to an activating group) is 1. The van der Waals surface area contributed by atoms with Crippen molar-refractivity contribution in [3.05, 3.63) is 42.0 Å². The number of carbonyl (C=O) groups excluding carboxylic acids is 2. The maximum atomic E-state index is 13.3. The number of rotatable bonds is 8. The summed E-state index contributed by atoms with van der Waals surface area (Å²) in [5.74, 6) is 2.52. The Labute approximate surface area is 267 Å². The molecule has 1 atom stereocenters. The van der Waals surface area contributed by atoms with E-state index in [1.54, 1.807) is 4.90 Å². The van der Waals surface area contributed by atoms with E-state index >= 15 is 0 Å². The molecule has 1 aromatic heterocycles. The van der Waals surface area contributed by atoms with Crippen LogP contribution in [0, 0.1) is 5.92 Å². The van der Waals surface area contributed by atoms with Gasteiger partial charge in [0.2, 0.25) is 5.91 Å². The molecule has 2 saturated carbocycles. The van der Waals surface area contributed by atoms with Gasteiger partial charge in [-0.05, 0) is 94.5 Å². The first kappa shape index (κ1) is 30.4. The van der Waals surface area contributed by atoms with E-state index in [-0.39, 0.29) is 29.9 Å². The predicted molar refractivity (Wildman–Crippen MR) is 177 cm³/mol. The number of hydrogen-bond acceptors (Lipinski definition) is 8. The van der Waals surface area contributed by atoms with Crippen LogP contribution < -0.4 is 20.4 Å². The van der Waals surface area contributed by atoms with Gasteiger partial charge in [-0.3, -0.25) is 14.5 Å². The van der Waals surface area contributed by atoms with Crippen LogP contribution in [0.2, 0.25) is 0 Å². The van der Waals surface area contributed by atoms with Gasteiger partial charge in [0.1, 0.15) is 11.9 Å². The zero-order chi connectivity index (χ0) is 30.9. The van der Waals surface area contributed by atoms with Gasteiger partial charge in [-0.15, -0.1) is 0 Å². The molecule has 1 aromatic carbocycles. The van der Waals surface area contributed by atoms with E-state index in [2.05, 4.69) is 25.3 Å². The summed E-state index contributed by atoms with van der Waals surface area (Å²) in [5.41, 5.74) is 2.27. The fourth-order valence-corrected chi connectivity index (χ4v) is 7.83. The lowest BCUT2D eigenvalue weighted by Crippen LogP contribution is -2.56. The number of nitrogens with zero attached hydrogens (tertiary/aromatic N) is 5. The molecule has 2 N–H and O–H groups in total. The molecule has 3 aliphatic heterocycles. The highest BCUT2D eigenvalue weighted by Crippen LogP contribution is 2.38. The number of pyridine rings is 1. The molecule has 2 aromatic rings. The van der Waals surface area contributed by atoms with Crippen LogP contribution in [0.5, 0.6) is 0 Å². The topological polar surface area (TPSA) is 93.3 Å². The van der Waals surface area contributed by atoms with Gasteiger partial charge in [0.25, 0.3) is 5.91 Å². The summed E-state index contributed by atoms with van der Waals surface area (Å²) in [5, 5.41) is 6.74. The lowest BCUT2D eigenvalue weighted by molar-refractivity contribution is -0.119. The largest absolute Gasteiger partial charge is 0.381 e. The number of benzene rings is 1. The summed E-state index contributed by atoms with van der Waals surface area (Å²) >= 11 is 0. The first-order valence-electron chi connectivity index (χ1n) is 17.2. The van der Waals surface area contributed by atoms with Crippen LogP contribution in [0.15, 0.2) is 36.4 Å². The molecule has 0 unspecified atom stereocenters. The van der Waals surface area contributed by atoms with Gasteiger partial charge in [0.05, 0.1) is 5.69 Å². The zero-order valence-corrected chi connectivity index (χ0v) is 26.9. The Kier molecular flexibility index (Phi) is 8.97. The standard InChI is InChI=1S/C35H49N7O3/c1-24-35(44)39(2)31-12-13-32(38-33(31)42(24)30-14-20-45-21-15-30)36-28-5-3-4-26(22-28)34(43)37-27-8-10-29(11-9-27)41-18-16-40(17-19-41)23-25-6-7-25/h3-5,12-13,22,24-25,27,29-30H,6-11,14-21,23H2,1-2H3,(H,36,38)(H,37,43)/t24-,27?,29?/m1/s1. The summed E-state index contributed by atoms with van der Waals surface area (Å²) in [6.07, 6.45) is 8.99. The molecule has 10 nitrogen and oxygen atoms in total. The van der Waals surface area contributed by atoms with Crippen molar-refractivity contribution in [1.29, 1.82) is 0 Å². The van der Waals surface area contributed by atoms with Crippen LogP contribution in [-0.2, 0) is 9.53 Å². The van der Waals surface area contributed by atoms with E-state index in [4.69, 9.17) is 9.72 Å². The molecule has 10 heteroatoms. The summed E-state index contributed by atoms with van der Waals surface area (Å²) < 4.78 is 5.60. The fraction of sp³-hybridized carbons (Fsp3) is 0.629. The molecule has 2 saturated heterocycles. The van der Waals surface area contributed by atoms with Gasteiger partial charge < -0.3 is 30.1 Å². The lowest BCUT2D eigenvalue weighted by atomic mass is 9.89. The first-order valence-corrected chi connectivity index (χ1v) is 17.2. The molecule has 0 bridgehead atoms. The van der Waals surface area contributed by atoms with Crippen molar-refractivity contribution < 1.29 is 14.3 Å². The molecule has 242 valence electrons. The van der Waals surface area contributed by atoms with Crippen LogP contribution in [0.1, 0.15) is 68.6 Å². The highest BCUT2D eigenvalue weighted by molar-refractivity contribution is 6.04. The number of fused-ring (bicyclic) bond motifs is 1. The van der Waals surface area contributed by atoms with Gasteiger partial charge in [0, 0.05) is 82.4 Å². The van der Waals surface area contributed by atoms with Gasteiger partial charge in [0.15, 0.2) is 5.82 Å². The van der Waals surface area contributed by atoms with Gasteiger partial charge >= 0.3 is 0 Å². The SMILES string of the molecule is C[C@@H]1C(=O)N(C)c2ccc(Nc3cccc(C(=O)NC4CCC(N5CCN(CC6CC6)CC5)CC4)c3)nc2N1C1CCOCC1. The lowest BCUT2D eigenvalue weighted by Gasteiger charge is -2.44. The van der Waals surface area contributed by atoms with Crippen LogP contribution in [0.4, 0.5) is 23.0 Å². The summed E-state index contributed by atoms with van der Waals surface area (Å²) in [6, 6.07) is 12.3. The molecule has 0 radical (unpaired) electrons. The van der Waals surface area contributed by atoms with Crippen molar-refractivity contribution in [2.45, 2.75) is 82.5 Å². The van der Waals surface area contributed by atoms with Crippen LogP contribution in [0.3, 0.4) is 0 Å². The number of nitrogens with one attached hydrogen (secondary N) is 2. The minimum absolute atomic E-state index is 0.0196. The van der Waals surface area contributed by atoms with E-state index < -0.39 is 0 Å². The number of piperazine rings is 1. The second-order valence-electron chi connectivity index (χ2n) is 13.8. The second kappa shape index (κ2) is 13.3. The highest BCUT2D eigenvalue weighted by atomic mass is 16.5. The van der Waals surface area contributed by atoms with E-state index in [1.165, 1.54) is 45.6 Å². The molecule has 4 fully saturated rings. The van der Waals surface area contributed by atoms with Crippen molar-refractivity contribution >= 4 is 34.8 Å². The van der Waals surface area contributed by atoms with E-state index in [9.17, 15) is 9.59 Å². The van der Waals surface area contributed by atoms with Crippen molar-refractivity contribution in [2.75, 3.05) is 68.1 Å². The molecule has 0 spiro atoms. The monoisotopic (exact) mass is 615 g/mol. The van der Waals surface area contributed by atoms with E-state index in [0.717, 1.165) is 61.6 Å². The van der Waals surface area contributed by atoms with Crippen LogP contribution >= 0.6 is 0 Å². The van der Waals surface area contributed by atoms with Crippen LogP contribution in [0.25, 0.3) is 0 Å². The molecule has 45 heavy (non-hydrogen) atoms. The van der Waals surface area contributed by atoms with Crippen molar-refractivity contribution in [3.63, 3.8) is 0 Å². The molecular weight excluding hydrogens is 566 g/mol. The Balaban J connectivity index is 0.955. The second-order valence-corrected chi connectivity index (χ2v) is 13.8. The number of ether oxygens (including phenoxy) is 1. The van der Waals surface area contributed by atoms with Gasteiger partial charge in [-0.25, -0.2) is 4.98 Å². The molecule has 2 aliphatic carbocycles. The Morgan fingerprint density at radius 1 is 0.933 bits per heavy atom. The highest BCUT2D eigenvalue weighted by Gasteiger charge is 2.39. The Bertz CT molecular complexity index is 1360. The van der Waals surface area contributed by atoms with Crippen LogP contribution in [-0.4, -0.2) is 104 Å². The zero-order valence-electron chi connectivity index (χ0n) is 26.9. The number of aromatic nitrogens is 1. The normalized spacial score (nSPS) is 26.9. The molecule has 2 amide bonds. The Morgan fingerprint density at radius 2 is 1.69 bits per heavy atom. The summed E-state index contributed by atoms with van der Waals surface area (Å²) in [6.45, 7) is 9.46. The van der Waals surface area contributed by atoms with E-state index in [1.807, 2.05) is 50.4 Å². The fourth-order valence-electron chi connectivity index (χ4n) is 7.83. The smallest absolute Gasteiger partial charge is 0.251 e. The predicted octanol–water partition coefficient (Wildman–Crippen LogP) is 4.24. The minimum Gasteiger partial charge on any atom is -0.381 e. The van der Waals surface area contributed by atoms with Crippen molar-refractivity contribution in [1.82, 2.24) is 20.1 Å². The Hall–Kier alpha value is -3.21. The third kappa shape index (κ3) is 6.83. The van der Waals surface area contributed by atoms with Crippen molar-refractivity contribution in [2.24, 2.45) is 5.92 Å². The third-order valence-electron chi connectivity index (χ3n) is 10.7.